The molecule has 0 aromatic heterocycles. The summed E-state index contributed by atoms with van der Waals surface area (Å²) in [6, 6.07) is 7.18. The van der Waals surface area contributed by atoms with Crippen LogP contribution in [0.1, 0.15) is 65.5 Å². The summed E-state index contributed by atoms with van der Waals surface area (Å²) < 4.78 is 0. The molecule has 0 amide bonds. The first-order valence-electron chi connectivity index (χ1n) is 8.15. The molecule has 0 radical (unpaired) electrons. The van der Waals surface area contributed by atoms with Crippen molar-refractivity contribution in [3.05, 3.63) is 41.5 Å². The number of piperidine rings is 1. The van der Waals surface area contributed by atoms with Gasteiger partial charge in [-0.2, -0.15) is 0 Å². The molecule has 2 rings (SSSR count). The topological polar surface area (TPSA) is 3.24 Å². The van der Waals surface area contributed by atoms with Crippen molar-refractivity contribution in [2.24, 2.45) is 0 Å². The van der Waals surface area contributed by atoms with Gasteiger partial charge < -0.3 is 4.90 Å². The van der Waals surface area contributed by atoms with Gasteiger partial charge in [0.1, 0.15) is 0 Å². The SMILES string of the molecule is C=C1CCN(c2cc(C(C)(C)C)cc(C(C)(C)C)c2)CC1. The molecule has 1 aliphatic rings. The third-order valence-electron chi connectivity index (χ3n) is 4.49. The van der Waals surface area contributed by atoms with E-state index in [1.807, 2.05) is 0 Å². The standard InChI is InChI=1S/C20H31N/c1-15-8-10-21(11-9-15)18-13-16(19(2,3)4)12-17(14-18)20(5,6)7/h12-14H,1,8-11H2,2-7H3. The van der Waals surface area contributed by atoms with Gasteiger partial charge in [-0.25, -0.2) is 0 Å². The van der Waals surface area contributed by atoms with Crippen molar-refractivity contribution in [3.63, 3.8) is 0 Å². The summed E-state index contributed by atoms with van der Waals surface area (Å²) in [6.45, 7) is 20.2. The van der Waals surface area contributed by atoms with Crippen LogP contribution < -0.4 is 4.90 Å². The van der Waals surface area contributed by atoms with E-state index in [1.54, 1.807) is 0 Å². The Balaban J connectivity index is 2.43. The maximum atomic E-state index is 4.13. The minimum atomic E-state index is 0.190. The van der Waals surface area contributed by atoms with Crippen LogP contribution in [0.15, 0.2) is 30.4 Å². The smallest absolute Gasteiger partial charge is 0.0372 e. The highest BCUT2D eigenvalue weighted by atomic mass is 15.1. The van der Waals surface area contributed by atoms with Gasteiger partial charge in [0, 0.05) is 18.8 Å². The predicted octanol–water partition coefficient (Wildman–Crippen LogP) is 5.44. The van der Waals surface area contributed by atoms with Gasteiger partial charge in [-0.1, -0.05) is 59.8 Å². The van der Waals surface area contributed by atoms with Crippen molar-refractivity contribution < 1.29 is 0 Å². The molecule has 1 heterocycles. The molecular formula is C20H31N. The molecule has 1 heteroatoms. The molecule has 0 bridgehead atoms. The Kier molecular flexibility index (Phi) is 4.24. The van der Waals surface area contributed by atoms with Crippen LogP contribution in [-0.2, 0) is 10.8 Å². The van der Waals surface area contributed by atoms with Crippen molar-refractivity contribution >= 4 is 5.69 Å². The zero-order valence-corrected chi connectivity index (χ0v) is 14.7. The van der Waals surface area contributed by atoms with Gasteiger partial charge in [-0.3, -0.25) is 0 Å². The van der Waals surface area contributed by atoms with Crippen LogP contribution in [0, 0.1) is 0 Å². The van der Waals surface area contributed by atoms with Gasteiger partial charge in [0.2, 0.25) is 0 Å². The van der Waals surface area contributed by atoms with E-state index >= 15 is 0 Å². The van der Waals surface area contributed by atoms with E-state index in [9.17, 15) is 0 Å². The van der Waals surface area contributed by atoms with E-state index < -0.39 is 0 Å². The van der Waals surface area contributed by atoms with Gasteiger partial charge in [-0.05, 0) is 46.9 Å². The Morgan fingerprint density at radius 2 is 1.24 bits per heavy atom. The van der Waals surface area contributed by atoms with Crippen LogP contribution in [0.5, 0.6) is 0 Å². The van der Waals surface area contributed by atoms with Gasteiger partial charge in [0.05, 0.1) is 0 Å². The Morgan fingerprint density at radius 1 is 0.810 bits per heavy atom. The first-order valence-corrected chi connectivity index (χ1v) is 8.15. The third kappa shape index (κ3) is 3.90. The fourth-order valence-corrected chi connectivity index (χ4v) is 2.74. The van der Waals surface area contributed by atoms with E-state index in [-0.39, 0.29) is 10.8 Å². The van der Waals surface area contributed by atoms with Crippen LogP contribution in [0.3, 0.4) is 0 Å². The Bertz CT molecular complexity index is 483. The summed E-state index contributed by atoms with van der Waals surface area (Å²) in [6.07, 6.45) is 2.26. The Labute approximate surface area is 131 Å². The second-order valence-electron chi connectivity index (χ2n) is 8.51. The average Bonchev–Trinajstić information content (AvgIpc) is 2.37. The van der Waals surface area contributed by atoms with Crippen molar-refractivity contribution in [3.8, 4) is 0 Å². The first-order chi connectivity index (χ1) is 9.57. The van der Waals surface area contributed by atoms with Gasteiger partial charge in [-0.15, -0.1) is 0 Å². The molecule has 0 aliphatic carbocycles. The lowest BCUT2D eigenvalue weighted by atomic mass is 9.80. The quantitative estimate of drug-likeness (QED) is 0.621. The molecule has 0 unspecified atom stereocenters. The number of rotatable bonds is 1. The Morgan fingerprint density at radius 3 is 1.62 bits per heavy atom. The summed E-state index contributed by atoms with van der Waals surface area (Å²) in [4.78, 5) is 2.53. The molecule has 1 saturated heterocycles. The van der Waals surface area contributed by atoms with Crippen LogP contribution in [0.2, 0.25) is 0 Å². The highest BCUT2D eigenvalue weighted by Gasteiger charge is 2.22. The normalized spacial score (nSPS) is 17.2. The van der Waals surface area contributed by atoms with Crippen LogP contribution in [-0.4, -0.2) is 13.1 Å². The lowest BCUT2D eigenvalue weighted by molar-refractivity contribution is 0.567. The summed E-state index contributed by atoms with van der Waals surface area (Å²) in [7, 11) is 0. The Hall–Kier alpha value is -1.24. The number of nitrogens with zero attached hydrogens (tertiary/aromatic N) is 1. The number of benzene rings is 1. The number of hydrogen-bond donors (Lipinski definition) is 0. The monoisotopic (exact) mass is 285 g/mol. The summed E-state index contributed by atoms with van der Waals surface area (Å²) >= 11 is 0. The van der Waals surface area contributed by atoms with Crippen molar-refractivity contribution in [2.75, 3.05) is 18.0 Å². The second-order valence-corrected chi connectivity index (χ2v) is 8.51. The minimum Gasteiger partial charge on any atom is -0.371 e. The highest BCUT2D eigenvalue weighted by molar-refractivity contribution is 5.54. The number of hydrogen-bond acceptors (Lipinski definition) is 1. The van der Waals surface area contributed by atoms with Crippen molar-refractivity contribution in [2.45, 2.75) is 65.2 Å². The summed E-state index contributed by atoms with van der Waals surface area (Å²) in [5.74, 6) is 0. The molecule has 116 valence electrons. The molecule has 1 fully saturated rings. The molecule has 1 aromatic rings. The largest absolute Gasteiger partial charge is 0.371 e. The summed E-state index contributed by atoms with van der Waals surface area (Å²) in [5.41, 5.74) is 6.04. The fourth-order valence-electron chi connectivity index (χ4n) is 2.74. The first kappa shape index (κ1) is 16.1. The molecule has 0 atom stereocenters. The van der Waals surface area contributed by atoms with E-state index in [0.717, 1.165) is 25.9 Å². The van der Waals surface area contributed by atoms with Gasteiger partial charge in [0.15, 0.2) is 0 Å². The minimum absolute atomic E-state index is 0.190. The van der Waals surface area contributed by atoms with Crippen LogP contribution >= 0.6 is 0 Å². The maximum Gasteiger partial charge on any atom is 0.0372 e. The maximum absolute atomic E-state index is 4.13. The van der Waals surface area contributed by atoms with E-state index in [2.05, 4.69) is 71.2 Å². The van der Waals surface area contributed by atoms with Crippen molar-refractivity contribution in [1.82, 2.24) is 0 Å². The number of anilines is 1. The molecule has 1 nitrogen and oxygen atoms in total. The highest BCUT2D eigenvalue weighted by Crippen LogP contribution is 2.34. The van der Waals surface area contributed by atoms with E-state index in [4.69, 9.17) is 0 Å². The van der Waals surface area contributed by atoms with Gasteiger partial charge >= 0.3 is 0 Å². The summed E-state index contributed by atoms with van der Waals surface area (Å²) in [5, 5.41) is 0. The molecule has 1 aromatic carbocycles. The fraction of sp³-hybridized carbons (Fsp3) is 0.600. The average molecular weight is 285 g/mol. The third-order valence-corrected chi connectivity index (χ3v) is 4.49. The van der Waals surface area contributed by atoms with E-state index in [0.29, 0.717) is 0 Å². The predicted molar refractivity (Wildman–Crippen MR) is 94.4 cm³/mol. The molecule has 21 heavy (non-hydrogen) atoms. The molecule has 1 aliphatic heterocycles. The van der Waals surface area contributed by atoms with Crippen molar-refractivity contribution in [1.29, 1.82) is 0 Å². The zero-order chi connectivity index (χ0) is 15.8. The molecule has 0 N–H and O–H groups in total. The van der Waals surface area contributed by atoms with E-state index in [1.165, 1.54) is 22.4 Å². The zero-order valence-electron chi connectivity index (χ0n) is 14.7. The molecule has 0 spiro atoms. The second kappa shape index (κ2) is 5.51. The molecular weight excluding hydrogens is 254 g/mol. The molecule has 0 saturated carbocycles. The van der Waals surface area contributed by atoms with Crippen LogP contribution in [0.4, 0.5) is 5.69 Å². The lowest BCUT2D eigenvalue weighted by Gasteiger charge is -2.33. The lowest BCUT2D eigenvalue weighted by Crippen LogP contribution is -2.31. The van der Waals surface area contributed by atoms with Crippen LogP contribution in [0.25, 0.3) is 0 Å². The van der Waals surface area contributed by atoms with Gasteiger partial charge in [0.25, 0.3) is 0 Å².